The fourth-order valence-electron chi connectivity index (χ4n) is 9.57. The number of hydrogen-bond acceptors (Lipinski definition) is 2. The Bertz CT molecular complexity index is 2900. The quantitative estimate of drug-likeness (QED) is 0.0889. The first kappa shape index (κ1) is 48.3. The number of nitrogens with zero attached hydrogens (tertiary/aromatic N) is 2. The molecule has 0 saturated heterocycles. The Morgan fingerprint density at radius 3 is 0.721 bits per heavy atom. The third-order valence-electron chi connectivity index (χ3n) is 13.6. The van der Waals surface area contributed by atoms with Crippen LogP contribution in [0.3, 0.4) is 0 Å². The van der Waals surface area contributed by atoms with Gasteiger partial charge in [0.05, 0.1) is 0 Å². The molecule has 0 heterocycles. The van der Waals surface area contributed by atoms with Crippen molar-refractivity contribution < 1.29 is 0 Å². The number of para-hydroxylation sites is 2. The van der Waals surface area contributed by atoms with Gasteiger partial charge in [0.2, 0.25) is 0 Å². The van der Waals surface area contributed by atoms with E-state index < -0.39 is 53.1 Å². The van der Waals surface area contributed by atoms with Crippen LogP contribution >= 0.6 is 0 Å². The van der Waals surface area contributed by atoms with Crippen LogP contribution in [0, 0.1) is 0 Å². The van der Waals surface area contributed by atoms with Crippen molar-refractivity contribution in [2.24, 2.45) is 0 Å². The van der Waals surface area contributed by atoms with Gasteiger partial charge in [-0.2, -0.15) is 0 Å². The van der Waals surface area contributed by atoms with E-state index in [0.29, 0.717) is 0 Å². The zero-order valence-corrected chi connectivity index (χ0v) is 50.8. The number of benzene rings is 9. The third kappa shape index (κ3) is 9.99. The van der Waals surface area contributed by atoms with E-state index in [1.165, 1.54) is 77.9 Å². The second-order valence-electron chi connectivity index (χ2n) is 22.8. The zero-order valence-electron chi connectivity index (χ0n) is 42.4. The molecule has 0 aromatic heterocycles. The minimum atomic E-state index is -2.18. The van der Waals surface area contributed by atoms with Crippen LogP contribution in [0.25, 0.3) is 43.8 Å². The van der Waals surface area contributed by atoms with E-state index in [1.54, 1.807) is 17.6 Å². The first-order chi connectivity index (χ1) is 32.3. The van der Waals surface area contributed by atoms with Crippen LogP contribution in [-0.4, -0.2) is 53.1 Å². The maximum atomic E-state index is 2.57. The summed E-state index contributed by atoms with van der Waals surface area (Å²) in [7, 11) is 0. The standard InChI is InChI=1S/C62H68Ge4N2/c1-63(2,3)47-39-48(64(4,5)6)42-55(41-47)67(51-23-15-13-16-24-51)53-35-31-45(32-36-53)61-57-27-19-21-29-59(57)62(60-30-22-20-28-58(60)61)46-33-37-54(38-34-46)68(52-25-17-14-18-26-52)56-43-49(65(7,8)9)40-50(44-56)66(10,11)12/h13-44H,1-12H3. The summed E-state index contributed by atoms with van der Waals surface area (Å²) in [4.78, 5) is 4.96. The van der Waals surface area contributed by atoms with E-state index in [9.17, 15) is 0 Å². The summed E-state index contributed by atoms with van der Waals surface area (Å²) in [5.41, 5.74) is 12.2. The fourth-order valence-corrected chi connectivity index (χ4v) is 20.7. The Labute approximate surface area is 417 Å². The van der Waals surface area contributed by atoms with Gasteiger partial charge in [0.25, 0.3) is 0 Å². The SMILES string of the molecule is [CH3][Ge]([CH3])([CH3])[c]1cc(N(c2ccccc2)c2ccc(-c3c4ccccc4c(-c4ccc(N(c5ccccc5)c5c[c]([Ge]([CH3])([CH3])[CH3])c[c]([Ge]([CH3])([CH3])[CH3])c5)cc4)c4ccccc34)cc2)c[c]([Ge]([CH3])([CH3])[CH3])c1. The molecular formula is C62H68Ge4N2. The van der Waals surface area contributed by atoms with Gasteiger partial charge in [-0.25, -0.2) is 0 Å². The molecule has 342 valence electrons. The van der Waals surface area contributed by atoms with E-state index >= 15 is 0 Å². The van der Waals surface area contributed by atoms with Gasteiger partial charge < -0.3 is 0 Å². The second kappa shape index (κ2) is 18.9. The zero-order chi connectivity index (χ0) is 48.2. The number of rotatable bonds is 12. The summed E-state index contributed by atoms with van der Waals surface area (Å²) in [6.45, 7) is 0. The second-order valence-corrected chi connectivity index (χ2v) is 65.4. The Morgan fingerprint density at radius 1 is 0.235 bits per heavy atom. The van der Waals surface area contributed by atoms with Crippen molar-refractivity contribution in [1.82, 2.24) is 0 Å². The van der Waals surface area contributed by atoms with Crippen LogP contribution < -0.4 is 27.4 Å². The van der Waals surface area contributed by atoms with Crippen molar-refractivity contribution in [3.8, 4) is 22.3 Å². The maximum absolute atomic E-state index is 2.57. The third-order valence-corrected chi connectivity index (χ3v) is 30.6. The molecular weight excluding hydrogens is 1060 g/mol. The molecule has 2 nitrogen and oxygen atoms in total. The Balaban J connectivity index is 1.16. The van der Waals surface area contributed by atoms with Crippen LogP contribution in [0.15, 0.2) is 194 Å². The molecule has 0 bridgehead atoms. The van der Waals surface area contributed by atoms with E-state index in [4.69, 9.17) is 0 Å². The molecule has 9 aromatic carbocycles. The molecule has 68 heavy (non-hydrogen) atoms. The van der Waals surface area contributed by atoms with Crippen molar-refractivity contribution in [3.05, 3.63) is 194 Å². The molecule has 0 spiro atoms. The Hall–Kier alpha value is -4.73. The van der Waals surface area contributed by atoms with Crippen LogP contribution in [0.2, 0.25) is 69.1 Å². The van der Waals surface area contributed by atoms with Gasteiger partial charge in [0, 0.05) is 0 Å². The Kier molecular flexibility index (Phi) is 13.4. The van der Waals surface area contributed by atoms with Crippen LogP contribution in [0.4, 0.5) is 34.1 Å². The molecule has 0 aliphatic rings. The van der Waals surface area contributed by atoms with Gasteiger partial charge in [0.15, 0.2) is 0 Å². The normalized spacial score (nSPS) is 12.4. The average Bonchev–Trinajstić information content (AvgIpc) is 3.31. The number of fused-ring (bicyclic) bond motifs is 2. The molecule has 6 heteroatoms. The van der Waals surface area contributed by atoms with E-state index in [1.807, 2.05) is 0 Å². The van der Waals surface area contributed by atoms with Gasteiger partial charge in [-0.15, -0.1) is 0 Å². The van der Waals surface area contributed by atoms with Crippen LogP contribution in [-0.2, 0) is 0 Å². The van der Waals surface area contributed by atoms with E-state index in [2.05, 4.69) is 273 Å². The molecule has 0 aliphatic heterocycles. The molecule has 0 saturated carbocycles. The van der Waals surface area contributed by atoms with Crippen molar-refractivity contribution in [3.63, 3.8) is 0 Å². The number of hydrogen-bond donors (Lipinski definition) is 0. The predicted molar refractivity (Wildman–Crippen MR) is 314 cm³/mol. The molecule has 0 radical (unpaired) electrons. The molecule has 0 N–H and O–H groups in total. The van der Waals surface area contributed by atoms with Crippen molar-refractivity contribution in [1.29, 1.82) is 0 Å². The van der Waals surface area contributed by atoms with Crippen molar-refractivity contribution in [2.75, 3.05) is 9.80 Å². The van der Waals surface area contributed by atoms with Crippen molar-refractivity contribution in [2.45, 2.75) is 69.1 Å². The van der Waals surface area contributed by atoms with Crippen LogP contribution in [0.5, 0.6) is 0 Å². The molecule has 0 atom stereocenters. The first-order valence-electron chi connectivity index (χ1n) is 24.4. The van der Waals surface area contributed by atoms with Gasteiger partial charge in [-0.1, -0.05) is 0 Å². The molecule has 0 aliphatic carbocycles. The van der Waals surface area contributed by atoms with E-state index in [0.717, 1.165) is 0 Å². The molecule has 0 amide bonds. The summed E-state index contributed by atoms with van der Waals surface area (Å²) in [6.07, 6.45) is 0. The van der Waals surface area contributed by atoms with Gasteiger partial charge >= 0.3 is 422 Å². The van der Waals surface area contributed by atoms with Gasteiger partial charge in [-0.3, -0.25) is 0 Å². The summed E-state index contributed by atoms with van der Waals surface area (Å²) in [5.74, 6) is 30.3. The summed E-state index contributed by atoms with van der Waals surface area (Å²) in [5, 5.41) is 5.06. The van der Waals surface area contributed by atoms with Gasteiger partial charge in [0.1, 0.15) is 0 Å². The Morgan fingerprint density at radius 2 is 0.471 bits per heavy atom. The molecule has 9 rings (SSSR count). The molecule has 0 fully saturated rings. The predicted octanol–water partition coefficient (Wildman–Crippen LogP) is 16.4. The summed E-state index contributed by atoms with van der Waals surface area (Å²) in [6, 6.07) is 73.9. The molecule has 0 unspecified atom stereocenters. The fraction of sp³-hybridized carbons (Fsp3) is 0.194. The summed E-state index contributed by atoms with van der Waals surface area (Å²) >= 11 is -8.71. The van der Waals surface area contributed by atoms with Crippen LogP contribution in [0.1, 0.15) is 0 Å². The average molecular weight is 1130 g/mol. The van der Waals surface area contributed by atoms with Gasteiger partial charge in [-0.05, 0) is 0 Å². The molecule has 9 aromatic rings. The minimum absolute atomic E-state index is 1.17. The first-order valence-corrected chi connectivity index (χ1v) is 53.8. The van der Waals surface area contributed by atoms with Crippen molar-refractivity contribution >= 4 is 126 Å². The monoisotopic (exact) mass is 1140 g/mol. The number of anilines is 6. The van der Waals surface area contributed by atoms with E-state index in [-0.39, 0.29) is 0 Å². The topological polar surface area (TPSA) is 6.48 Å². The summed E-state index contributed by atoms with van der Waals surface area (Å²) < 4.78 is 6.28.